The maximum atomic E-state index is 13.0. The van der Waals surface area contributed by atoms with Gasteiger partial charge in [0.2, 0.25) is 10.0 Å². The van der Waals surface area contributed by atoms with Crippen LogP contribution in [0.5, 0.6) is 0 Å². The summed E-state index contributed by atoms with van der Waals surface area (Å²) in [5.41, 5.74) is 2.63. The molecule has 1 unspecified atom stereocenters. The Morgan fingerprint density at radius 3 is 2.30 bits per heavy atom. The predicted octanol–water partition coefficient (Wildman–Crippen LogP) is 3.99. The molecule has 0 amide bonds. The number of fused-ring (bicyclic) bond motifs is 1. The molecule has 2 aromatic carbocycles. The Morgan fingerprint density at radius 2 is 1.70 bits per heavy atom. The van der Waals surface area contributed by atoms with Crippen molar-refractivity contribution in [1.82, 2.24) is 9.21 Å². The Hall–Kier alpha value is -1.81. The van der Waals surface area contributed by atoms with Crippen molar-refractivity contribution in [2.45, 2.75) is 31.2 Å². The van der Waals surface area contributed by atoms with Crippen LogP contribution in [0.2, 0.25) is 0 Å². The number of sulfonamides is 1. The Balaban J connectivity index is 1.50. The van der Waals surface area contributed by atoms with Crippen LogP contribution in [-0.2, 0) is 16.4 Å². The van der Waals surface area contributed by atoms with Gasteiger partial charge in [0.25, 0.3) is 5.69 Å². The highest BCUT2D eigenvalue weighted by molar-refractivity contribution is 9.10. The summed E-state index contributed by atoms with van der Waals surface area (Å²) in [6.07, 6.45) is 0.994. The molecule has 9 heteroatoms. The van der Waals surface area contributed by atoms with Crippen molar-refractivity contribution in [3.63, 3.8) is 0 Å². The van der Waals surface area contributed by atoms with E-state index in [0.29, 0.717) is 26.2 Å². The highest BCUT2D eigenvalue weighted by atomic mass is 79.9. The lowest BCUT2D eigenvalue weighted by Gasteiger charge is -2.42. The third kappa shape index (κ3) is 3.79. The van der Waals surface area contributed by atoms with E-state index < -0.39 is 14.9 Å². The molecule has 7 nitrogen and oxygen atoms in total. The molecule has 0 spiro atoms. The Bertz CT molecular complexity index is 1080. The molecule has 160 valence electrons. The first-order valence-corrected chi connectivity index (χ1v) is 12.1. The molecule has 0 radical (unpaired) electrons. The minimum absolute atomic E-state index is 0.0720. The first kappa shape index (κ1) is 21.4. The number of nitro benzene ring substituents is 1. The van der Waals surface area contributed by atoms with Crippen LogP contribution in [0.4, 0.5) is 5.69 Å². The molecule has 0 N–H and O–H groups in total. The van der Waals surface area contributed by atoms with Crippen LogP contribution in [0, 0.1) is 15.5 Å². The average molecular weight is 494 g/mol. The Labute approximate surface area is 185 Å². The van der Waals surface area contributed by atoms with Gasteiger partial charge in [0, 0.05) is 48.8 Å². The molecular weight excluding hydrogens is 470 g/mol. The first-order chi connectivity index (χ1) is 14.1. The van der Waals surface area contributed by atoms with Gasteiger partial charge in [-0.25, -0.2) is 8.42 Å². The monoisotopic (exact) mass is 493 g/mol. The number of hydrogen-bond acceptors (Lipinski definition) is 5. The van der Waals surface area contributed by atoms with Gasteiger partial charge in [0.05, 0.1) is 9.82 Å². The molecule has 2 aromatic rings. The molecule has 1 heterocycles. The van der Waals surface area contributed by atoms with E-state index in [-0.39, 0.29) is 22.0 Å². The van der Waals surface area contributed by atoms with E-state index in [1.54, 1.807) is 0 Å². The molecule has 4 rings (SSSR count). The largest absolute Gasteiger partial charge is 0.293 e. The Morgan fingerprint density at radius 1 is 1.07 bits per heavy atom. The van der Waals surface area contributed by atoms with Crippen molar-refractivity contribution in [2.75, 3.05) is 26.2 Å². The van der Waals surface area contributed by atoms with E-state index in [1.807, 2.05) is 0 Å². The quantitative estimate of drug-likeness (QED) is 0.474. The zero-order chi connectivity index (χ0) is 21.7. The summed E-state index contributed by atoms with van der Waals surface area (Å²) >= 11 is 3.56. The number of benzene rings is 2. The van der Waals surface area contributed by atoms with E-state index in [4.69, 9.17) is 0 Å². The number of nitro groups is 1. The fourth-order valence-electron chi connectivity index (χ4n) is 4.78. The van der Waals surface area contributed by atoms with Crippen molar-refractivity contribution < 1.29 is 13.3 Å². The molecule has 0 aromatic heterocycles. The fourth-order valence-corrected chi connectivity index (χ4v) is 6.62. The molecule has 1 saturated heterocycles. The van der Waals surface area contributed by atoms with Gasteiger partial charge in [0.15, 0.2) is 0 Å². The van der Waals surface area contributed by atoms with Crippen LogP contribution >= 0.6 is 15.9 Å². The van der Waals surface area contributed by atoms with E-state index in [1.165, 1.54) is 39.7 Å². The Kier molecular flexibility index (Phi) is 5.50. The number of nitrogens with zero attached hydrogens (tertiary/aromatic N) is 3. The highest BCUT2D eigenvalue weighted by Gasteiger charge is 2.43. The lowest BCUT2D eigenvalue weighted by molar-refractivity contribution is -0.384. The lowest BCUT2D eigenvalue weighted by atomic mass is 9.84. The summed E-state index contributed by atoms with van der Waals surface area (Å²) in [7, 11) is -3.67. The number of non-ortho nitro benzene ring substituents is 1. The molecular formula is C21H24BrN3O4S. The predicted molar refractivity (Wildman–Crippen MR) is 118 cm³/mol. The van der Waals surface area contributed by atoms with Crippen LogP contribution in [0.25, 0.3) is 0 Å². The van der Waals surface area contributed by atoms with Crippen LogP contribution in [-0.4, -0.2) is 48.7 Å². The van der Waals surface area contributed by atoms with Gasteiger partial charge in [-0.2, -0.15) is 4.31 Å². The first-order valence-electron chi connectivity index (χ1n) is 9.86. The van der Waals surface area contributed by atoms with Crippen molar-refractivity contribution in [3.05, 3.63) is 68.2 Å². The highest BCUT2D eigenvalue weighted by Crippen LogP contribution is 2.49. The molecule has 1 atom stereocenters. The zero-order valence-electron chi connectivity index (χ0n) is 16.9. The van der Waals surface area contributed by atoms with E-state index in [0.717, 1.165) is 10.9 Å². The topological polar surface area (TPSA) is 83.8 Å². The summed E-state index contributed by atoms with van der Waals surface area (Å²) in [6.45, 7) is 6.64. The van der Waals surface area contributed by atoms with Gasteiger partial charge in [-0.3, -0.25) is 15.0 Å². The third-order valence-corrected chi connectivity index (χ3v) is 8.52. The minimum Gasteiger partial charge on any atom is -0.293 e. The van der Waals surface area contributed by atoms with Gasteiger partial charge in [-0.15, -0.1) is 0 Å². The summed E-state index contributed by atoms with van der Waals surface area (Å²) < 4.78 is 28.5. The van der Waals surface area contributed by atoms with Crippen LogP contribution in [0.1, 0.15) is 31.0 Å². The second kappa shape index (κ2) is 7.71. The normalized spacial score (nSPS) is 22.0. The molecule has 1 aliphatic heterocycles. The van der Waals surface area contributed by atoms with Gasteiger partial charge in [0.1, 0.15) is 0 Å². The number of piperazine rings is 1. The molecule has 1 fully saturated rings. The van der Waals surface area contributed by atoms with Gasteiger partial charge in [-0.05, 0) is 47.2 Å². The van der Waals surface area contributed by atoms with Gasteiger partial charge in [-0.1, -0.05) is 35.8 Å². The smallest absolute Gasteiger partial charge is 0.269 e. The van der Waals surface area contributed by atoms with Crippen molar-refractivity contribution in [3.8, 4) is 0 Å². The van der Waals surface area contributed by atoms with Gasteiger partial charge < -0.3 is 0 Å². The number of hydrogen-bond donors (Lipinski definition) is 0. The second-order valence-electron chi connectivity index (χ2n) is 8.60. The van der Waals surface area contributed by atoms with Crippen LogP contribution < -0.4 is 0 Å². The van der Waals surface area contributed by atoms with Crippen molar-refractivity contribution in [1.29, 1.82) is 0 Å². The van der Waals surface area contributed by atoms with Gasteiger partial charge >= 0.3 is 0 Å². The zero-order valence-corrected chi connectivity index (χ0v) is 19.3. The summed E-state index contributed by atoms with van der Waals surface area (Å²) in [4.78, 5) is 12.8. The summed E-state index contributed by atoms with van der Waals surface area (Å²) in [5.74, 6) is 0. The summed E-state index contributed by atoms with van der Waals surface area (Å²) in [6, 6.07) is 11.8. The second-order valence-corrected chi connectivity index (χ2v) is 11.5. The third-order valence-electron chi connectivity index (χ3n) is 6.11. The minimum atomic E-state index is -3.67. The molecule has 0 bridgehead atoms. The average Bonchev–Trinajstić information content (AvgIpc) is 2.97. The SMILES string of the molecule is CC1(C)Cc2cc(Br)ccc2C1N1CCN(S(=O)(=O)c2ccc([N+](=O)[O-])cc2)CC1. The maximum Gasteiger partial charge on any atom is 0.269 e. The molecule has 2 aliphatic rings. The maximum absolute atomic E-state index is 13.0. The van der Waals surface area contributed by atoms with E-state index in [2.05, 4.69) is 52.9 Å². The molecule has 30 heavy (non-hydrogen) atoms. The van der Waals surface area contributed by atoms with E-state index in [9.17, 15) is 18.5 Å². The molecule has 1 aliphatic carbocycles. The number of rotatable bonds is 4. The fraction of sp³-hybridized carbons (Fsp3) is 0.429. The van der Waals surface area contributed by atoms with Crippen LogP contribution in [0.15, 0.2) is 51.8 Å². The standard InChI is InChI=1S/C21H24BrN3O4S/c1-21(2)14-15-13-16(22)3-8-19(15)20(21)23-9-11-24(12-10-23)30(28,29)18-6-4-17(5-7-18)25(26)27/h3-8,13,20H,9-12,14H2,1-2H3. The van der Waals surface area contributed by atoms with E-state index >= 15 is 0 Å². The number of halogens is 1. The van der Waals surface area contributed by atoms with Crippen molar-refractivity contribution in [2.24, 2.45) is 5.41 Å². The van der Waals surface area contributed by atoms with Crippen LogP contribution in [0.3, 0.4) is 0 Å². The molecule has 0 saturated carbocycles. The van der Waals surface area contributed by atoms with Crippen molar-refractivity contribution >= 4 is 31.6 Å². The summed E-state index contributed by atoms with van der Waals surface area (Å²) in [5, 5.41) is 10.8. The lowest BCUT2D eigenvalue weighted by Crippen LogP contribution is -2.51.